The molecule has 6 heteroatoms. The molecule has 3 rings (SSSR count). The lowest BCUT2D eigenvalue weighted by Crippen LogP contribution is -2.30. The van der Waals surface area contributed by atoms with Crippen LogP contribution < -0.4 is 10.6 Å². The molecule has 0 radical (unpaired) electrons. The summed E-state index contributed by atoms with van der Waals surface area (Å²) in [5, 5.41) is 16.5. The third-order valence-electron chi connectivity index (χ3n) is 4.96. The van der Waals surface area contributed by atoms with Gasteiger partial charge in [-0.2, -0.15) is 4.98 Å². The van der Waals surface area contributed by atoms with Gasteiger partial charge in [-0.15, -0.1) is 0 Å². The molecule has 0 aliphatic heterocycles. The van der Waals surface area contributed by atoms with Crippen LogP contribution >= 0.6 is 0 Å². The van der Waals surface area contributed by atoms with Gasteiger partial charge in [-0.1, -0.05) is 45.0 Å². The van der Waals surface area contributed by atoms with Crippen LogP contribution in [0.15, 0.2) is 48.7 Å². The quantitative estimate of drug-likeness (QED) is 0.521. The number of nitrogens with one attached hydrogen (secondary N) is 2. The second-order valence-electron chi connectivity index (χ2n) is 7.44. The Morgan fingerprint density at radius 3 is 2.52 bits per heavy atom. The Kier molecular flexibility index (Phi) is 6.77. The molecule has 1 aromatic carbocycles. The second-order valence-corrected chi connectivity index (χ2v) is 7.44. The summed E-state index contributed by atoms with van der Waals surface area (Å²) in [5.74, 6) is 1.39. The van der Waals surface area contributed by atoms with E-state index in [0.717, 1.165) is 29.1 Å². The average Bonchev–Trinajstić information content (AvgIpc) is 2.73. The molecule has 2 aromatic heterocycles. The van der Waals surface area contributed by atoms with Crippen molar-refractivity contribution >= 4 is 17.5 Å². The van der Waals surface area contributed by atoms with Crippen molar-refractivity contribution in [2.24, 2.45) is 5.92 Å². The molecule has 0 amide bonds. The lowest BCUT2D eigenvalue weighted by atomic mass is 10.1. The molecule has 29 heavy (non-hydrogen) atoms. The number of aliphatic hydroxyl groups is 1. The van der Waals surface area contributed by atoms with Crippen LogP contribution in [0.5, 0.6) is 0 Å². The number of aliphatic hydroxyl groups excluding tert-OH is 1. The van der Waals surface area contributed by atoms with Crippen LogP contribution in [0, 0.1) is 12.8 Å². The van der Waals surface area contributed by atoms with Crippen molar-refractivity contribution < 1.29 is 5.11 Å². The fourth-order valence-electron chi connectivity index (χ4n) is 3.14. The maximum atomic E-state index is 9.71. The van der Waals surface area contributed by atoms with Gasteiger partial charge in [-0.25, -0.2) is 4.98 Å². The van der Waals surface area contributed by atoms with Crippen molar-refractivity contribution in [3.8, 4) is 11.4 Å². The van der Waals surface area contributed by atoms with Crippen molar-refractivity contribution in [2.75, 3.05) is 17.2 Å². The summed E-state index contributed by atoms with van der Waals surface area (Å²) in [5.41, 5.74) is 4.94. The molecule has 0 spiro atoms. The average molecular weight is 392 g/mol. The van der Waals surface area contributed by atoms with E-state index in [-0.39, 0.29) is 18.6 Å². The maximum absolute atomic E-state index is 9.71. The molecule has 152 valence electrons. The fraction of sp³-hybridized carbons (Fsp3) is 0.348. The van der Waals surface area contributed by atoms with Crippen LogP contribution in [0.3, 0.4) is 0 Å². The van der Waals surface area contributed by atoms with Crippen LogP contribution in [0.1, 0.15) is 31.9 Å². The zero-order valence-corrected chi connectivity index (χ0v) is 17.5. The highest BCUT2D eigenvalue weighted by atomic mass is 16.3. The monoisotopic (exact) mass is 391 g/mol. The molecular formula is C23H29N5O. The first kappa shape index (κ1) is 20.7. The Hall–Kier alpha value is -2.99. The van der Waals surface area contributed by atoms with Gasteiger partial charge in [-0.3, -0.25) is 4.98 Å². The van der Waals surface area contributed by atoms with Gasteiger partial charge in [0.2, 0.25) is 5.95 Å². The first-order valence-electron chi connectivity index (χ1n) is 10.0. The van der Waals surface area contributed by atoms with Gasteiger partial charge in [0, 0.05) is 18.0 Å². The number of anilines is 3. The number of nitrogens with zero attached hydrogens (tertiary/aromatic N) is 3. The molecule has 0 saturated carbocycles. The van der Waals surface area contributed by atoms with Crippen LogP contribution in [-0.4, -0.2) is 32.7 Å². The van der Waals surface area contributed by atoms with Gasteiger partial charge in [0.15, 0.2) is 0 Å². The first-order valence-corrected chi connectivity index (χ1v) is 10.0. The van der Waals surface area contributed by atoms with E-state index in [4.69, 9.17) is 0 Å². The molecule has 6 nitrogen and oxygen atoms in total. The van der Waals surface area contributed by atoms with Gasteiger partial charge in [-0.05, 0) is 42.5 Å². The number of aromatic nitrogens is 3. The third kappa shape index (κ3) is 5.09. The molecule has 3 aromatic rings. The summed E-state index contributed by atoms with van der Waals surface area (Å²) in [6.07, 6.45) is 2.67. The molecule has 3 N–H and O–H groups in total. The number of hydrogen-bond donors (Lipinski definition) is 3. The normalized spacial score (nSPS) is 12.1. The Balaban J connectivity index is 2.03. The molecule has 0 aliphatic rings. The van der Waals surface area contributed by atoms with Gasteiger partial charge >= 0.3 is 0 Å². The predicted molar refractivity (Wildman–Crippen MR) is 118 cm³/mol. The van der Waals surface area contributed by atoms with Gasteiger partial charge in [0.25, 0.3) is 0 Å². The van der Waals surface area contributed by atoms with Crippen LogP contribution in [0.25, 0.3) is 11.4 Å². The number of pyridine rings is 1. The lowest BCUT2D eigenvalue weighted by molar-refractivity contribution is 0.248. The summed E-state index contributed by atoms with van der Waals surface area (Å²) in [6, 6.07) is 13.8. The van der Waals surface area contributed by atoms with Crippen LogP contribution in [0.2, 0.25) is 0 Å². The van der Waals surface area contributed by atoms with E-state index in [2.05, 4.69) is 71.5 Å². The molecular weight excluding hydrogens is 362 g/mol. The lowest BCUT2D eigenvalue weighted by Gasteiger charge is -2.21. The fourth-order valence-corrected chi connectivity index (χ4v) is 3.14. The highest BCUT2D eigenvalue weighted by Crippen LogP contribution is 2.27. The largest absolute Gasteiger partial charge is 0.394 e. The summed E-state index contributed by atoms with van der Waals surface area (Å²) in [6.45, 7) is 8.34. The number of hydrogen-bond acceptors (Lipinski definition) is 6. The SMILES string of the molecule is CCc1cccc(C)c1Nc1cc(-c2ccccn2)nc(N[C@@H](CO)C(C)C)n1. The second kappa shape index (κ2) is 9.47. The molecule has 0 fully saturated rings. The third-order valence-corrected chi connectivity index (χ3v) is 4.96. The van der Waals surface area contributed by atoms with Crippen molar-refractivity contribution in [3.63, 3.8) is 0 Å². The molecule has 0 aliphatic carbocycles. The minimum atomic E-state index is -0.133. The molecule has 0 saturated heterocycles. The number of para-hydroxylation sites is 1. The molecule has 0 bridgehead atoms. The maximum Gasteiger partial charge on any atom is 0.225 e. The van der Waals surface area contributed by atoms with E-state index in [1.807, 2.05) is 24.3 Å². The topological polar surface area (TPSA) is 83.0 Å². The Labute approximate surface area is 172 Å². The van der Waals surface area contributed by atoms with Crippen LogP contribution in [-0.2, 0) is 6.42 Å². The van der Waals surface area contributed by atoms with Crippen molar-refractivity contribution in [1.29, 1.82) is 0 Å². The Morgan fingerprint density at radius 2 is 1.86 bits per heavy atom. The zero-order valence-electron chi connectivity index (χ0n) is 17.5. The molecule has 2 heterocycles. The minimum Gasteiger partial charge on any atom is -0.394 e. The molecule has 1 atom stereocenters. The predicted octanol–water partition coefficient (Wildman–Crippen LogP) is 4.58. The minimum absolute atomic E-state index is 0.00931. The summed E-state index contributed by atoms with van der Waals surface area (Å²) < 4.78 is 0. The highest BCUT2D eigenvalue weighted by Gasteiger charge is 2.16. The van der Waals surface area contributed by atoms with E-state index in [9.17, 15) is 5.11 Å². The van der Waals surface area contributed by atoms with E-state index >= 15 is 0 Å². The summed E-state index contributed by atoms with van der Waals surface area (Å²) >= 11 is 0. The Bertz CT molecular complexity index is 943. The van der Waals surface area contributed by atoms with E-state index in [1.165, 1.54) is 5.56 Å². The number of rotatable bonds is 8. The number of benzene rings is 1. The van der Waals surface area contributed by atoms with Crippen LogP contribution in [0.4, 0.5) is 17.5 Å². The number of aryl methyl sites for hydroxylation is 2. The smallest absolute Gasteiger partial charge is 0.225 e. The Morgan fingerprint density at radius 1 is 1.03 bits per heavy atom. The standard InChI is InChI=1S/C23H29N5O/c1-5-17-10-8-9-16(4)22(17)27-21-13-19(18-11-6-7-12-24-18)25-23(28-21)26-20(14-29)15(2)3/h6-13,15,20,29H,5,14H2,1-4H3,(H2,25,26,27,28)/t20-/m0/s1. The molecule has 0 unspecified atom stereocenters. The van der Waals surface area contributed by atoms with Gasteiger partial charge in [0.1, 0.15) is 5.82 Å². The zero-order chi connectivity index (χ0) is 20.8. The van der Waals surface area contributed by atoms with Crippen molar-refractivity contribution in [2.45, 2.75) is 40.2 Å². The summed E-state index contributed by atoms with van der Waals surface area (Å²) in [4.78, 5) is 13.7. The highest BCUT2D eigenvalue weighted by molar-refractivity contribution is 5.69. The van der Waals surface area contributed by atoms with E-state index in [0.29, 0.717) is 11.8 Å². The van der Waals surface area contributed by atoms with Gasteiger partial charge in [0.05, 0.1) is 24.0 Å². The van der Waals surface area contributed by atoms with E-state index < -0.39 is 0 Å². The van der Waals surface area contributed by atoms with Crippen molar-refractivity contribution in [1.82, 2.24) is 15.0 Å². The van der Waals surface area contributed by atoms with Gasteiger partial charge < -0.3 is 15.7 Å². The first-order chi connectivity index (χ1) is 14.0. The summed E-state index contributed by atoms with van der Waals surface area (Å²) in [7, 11) is 0. The van der Waals surface area contributed by atoms with Crippen molar-refractivity contribution in [3.05, 3.63) is 59.8 Å². The van der Waals surface area contributed by atoms with E-state index in [1.54, 1.807) is 6.20 Å².